The second kappa shape index (κ2) is 13.1. The van der Waals surface area contributed by atoms with Gasteiger partial charge < -0.3 is 24.1 Å². The number of methoxy groups -OCH3 is 3. The van der Waals surface area contributed by atoms with Crippen LogP contribution >= 0.6 is 0 Å². The zero-order chi connectivity index (χ0) is 26.9. The number of carbonyl (C=O) groups is 3. The maximum Gasteiger partial charge on any atom is 0.407 e. The van der Waals surface area contributed by atoms with E-state index < -0.39 is 24.0 Å². The molecule has 1 aliphatic heterocycles. The number of carbonyl (C=O) groups excluding carboxylic acids is 2. The van der Waals surface area contributed by atoms with Crippen LogP contribution in [0.15, 0.2) is 36.4 Å². The van der Waals surface area contributed by atoms with Gasteiger partial charge in [-0.05, 0) is 55.0 Å². The number of benzene rings is 2. The minimum Gasteiger partial charge on any atom is -0.496 e. The van der Waals surface area contributed by atoms with Crippen LogP contribution in [0.3, 0.4) is 0 Å². The highest BCUT2D eigenvalue weighted by Crippen LogP contribution is 2.40. The minimum absolute atomic E-state index is 0.0776. The number of hydrogen-bond acceptors (Lipinski definition) is 7. The van der Waals surface area contributed by atoms with Crippen molar-refractivity contribution < 1.29 is 38.4 Å². The van der Waals surface area contributed by atoms with Crippen molar-refractivity contribution in [3.63, 3.8) is 0 Å². The second-order valence-electron chi connectivity index (χ2n) is 8.94. The Bertz CT molecular complexity index is 1070. The SMILES string of the molecule is CCOCc1cc(OC)c(-c2ccc(CC(CC(=O)[C@@H]3CCCN3C(=O)O)C(=O)OC)cc2)c(OC)c1. The number of rotatable bonds is 12. The summed E-state index contributed by atoms with van der Waals surface area (Å²) in [6.07, 6.45) is 0.206. The molecule has 9 heteroatoms. The van der Waals surface area contributed by atoms with Crippen LogP contribution in [0.25, 0.3) is 11.1 Å². The molecule has 9 nitrogen and oxygen atoms in total. The lowest BCUT2D eigenvalue weighted by Crippen LogP contribution is -2.41. The molecule has 0 radical (unpaired) electrons. The minimum atomic E-state index is -1.11. The fourth-order valence-corrected chi connectivity index (χ4v) is 4.76. The predicted octanol–water partition coefficient (Wildman–Crippen LogP) is 4.34. The van der Waals surface area contributed by atoms with Crippen LogP contribution in [-0.4, -0.2) is 68.4 Å². The molecule has 1 saturated heterocycles. The first-order valence-electron chi connectivity index (χ1n) is 12.3. The summed E-state index contributed by atoms with van der Waals surface area (Å²) in [6, 6.07) is 10.7. The maximum atomic E-state index is 12.9. The molecule has 3 rings (SSSR count). The average molecular weight is 514 g/mol. The van der Waals surface area contributed by atoms with Gasteiger partial charge in [0.25, 0.3) is 0 Å². The predicted molar refractivity (Wildman–Crippen MR) is 137 cm³/mol. The van der Waals surface area contributed by atoms with E-state index in [0.29, 0.717) is 50.5 Å². The molecule has 0 aromatic heterocycles. The third kappa shape index (κ3) is 6.80. The van der Waals surface area contributed by atoms with E-state index in [0.717, 1.165) is 27.2 Å². The molecule has 1 heterocycles. The topological polar surface area (TPSA) is 112 Å². The first-order chi connectivity index (χ1) is 17.8. The molecule has 0 aliphatic carbocycles. The van der Waals surface area contributed by atoms with Gasteiger partial charge in [0.2, 0.25) is 0 Å². The van der Waals surface area contributed by atoms with E-state index in [1.54, 1.807) is 14.2 Å². The summed E-state index contributed by atoms with van der Waals surface area (Å²) < 4.78 is 21.8. The number of likely N-dealkylation sites (tertiary alicyclic amines) is 1. The largest absolute Gasteiger partial charge is 0.496 e. The first kappa shape index (κ1) is 28.0. The van der Waals surface area contributed by atoms with Gasteiger partial charge in [-0.2, -0.15) is 0 Å². The molecule has 2 aromatic rings. The first-order valence-corrected chi connectivity index (χ1v) is 12.3. The van der Waals surface area contributed by atoms with Crippen LogP contribution in [0.5, 0.6) is 11.5 Å². The van der Waals surface area contributed by atoms with Crippen molar-refractivity contribution in [1.82, 2.24) is 4.90 Å². The standard InChI is InChI=1S/C28H35NO8/c1-5-37-17-19-14-24(34-2)26(25(15-19)35-3)20-10-8-18(9-11-20)13-21(27(31)36-4)16-23(30)22-7-6-12-29(22)28(32)33/h8-11,14-15,21-22H,5-7,12-13,16-17H2,1-4H3,(H,32,33)/t21?,22-/m0/s1. The molecule has 37 heavy (non-hydrogen) atoms. The maximum absolute atomic E-state index is 12.9. The number of carboxylic acid groups (broad SMARTS) is 1. The molecule has 1 amide bonds. The zero-order valence-corrected chi connectivity index (χ0v) is 21.8. The monoisotopic (exact) mass is 513 g/mol. The van der Waals surface area contributed by atoms with Gasteiger partial charge in [-0.25, -0.2) is 4.79 Å². The van der Waals surface area contributed by atoms with Gasteiger partial charge >= 0.3 is 12.1 Å². The average Bonchev–Trinajstić information content (AvgIpc) is 3.41. The second-order valence-corrected chi connectivity index (χ2v) is 8.94. The normalized spacial score (nSPS) is 15.8. The molecule has 1 N–H and O–H groups in total. The van der Waals surface area contributed by atoms with Gasteiger partial charge in [0, 0.05) is 19.6 Å². The summed E-state index contributed by atoms with van der Waals surface area (Å²) in [5, 5.41) is 9.36. The smallest absolute Gasteiger partial charge is 0.407 e. The molecule has 1 unspecified atom stereocenters. The Morgan fingerprint density at radius 3 is 2.22 bits per heavy atom. The van der Waals surface area contributed by atoms with E-state index in [4.69, 9.17) is 18.9 Å². The Hall–Kier alpha value is -3.59. The number of nitrogens with zero attached hydrogens (tertiary/aromatic N) is 1. The molecule has 200 valence electrons. The summed E-state index contributed by atoms with van der Waals surface area (Å²) in [6.45, 7) is 3.31. The van der Waals surface area contributed by atoms with Gasteiger partial charge in [0.15, 0.2) is 5.78 Å². The third-order valence-electron chi connectivity index (χ3n) is 6.62. The van der Waals surface area contributed by atoms with Gasteiger partial charge in [-0.15, -0.1) is 0 Å². The van der Waals surface area contributed by atoms with E-state index in [1.807, 2.05) is 43.3 Å². The number of ketones is 1. The summed E-state index contributed by atoms with van der Waals surface area (Å²) in [5.41, 5.74) is 3.45. The van der Waals surface area contributed by atoms with E-state index in [1.165, 1.54) is 7.11 Å². The van der Waals surface area contributed by atoms with Crippen LogP contribution in [0, 0.1) is 5.92 Å². The quantitative estimate of drug-likeness (QED) is 0.417. The number of esters is 1. The molecule has 2 atom stereocenters. The van der Waals surface area contributed by atoms with Crippen LogP contribution in [0.4, 0.5) is 4.79 Å². The van der Waals surface area contributed by atoms with E-state index >= 15 is 0 Å². The number of Topliss-reactive ketones (excluding diaryl/α,β-unsaturated/α-hetero) is 1. The van der Waals surface area contributed by atoms with E-state index in [9.17, 15) is 19.5 Å². The van der Waals surface area contributed by atoms with Crippen molar-refractivity contribution in [2.75, 3.05) is 34.5 Å². The Labute approximate surface area is 217 Å². The lowest BCUT2D eigenvalue weighted by atomic mass is 9.90. The Kier molecular flexibility index (Phi) is 9.91. The van der Waals surface area contributed by atoms with E-state index in [-0.39, 0.29) is 12.2 Å². The van der Waals surface area contributed by atoms with Crippen molar-refractivity contribution in [2.45, 2.75) is 45.3 Å². The van der Waals surface area contributed by atoms with E-state index in [2.05, 4.69) is 0 Å². The Morgan fingerprint density at radius 1 is 1.03 bits per heavy atom. The molecule has 1 fully saturated rings. The zero-order valence-electron chi connectivity index (χ0n) is 21.8. The molecule has 1 aliphatic rings. The molecular formula is C28H35NO8. The highest BCUT2D eigenvalue weighted by Gasteiger charge is 2.36. The van der Waals surface area contributed by atoms with Crippen molar-refractivity contribution in [2.24, 2.45) is 5.92 Å². The van der Waals surface area contributed by atoms with Crippen LogP contribution in [0.2, 0.25) is 0 Å². The van der Waals surface area contributed by atoms with Crippen molar-refractivity contribution in [3.8, 4) is 22.6 Å². The molecule has 2 aromatic carbocycles. The van der Waals surface area contributed by atoms with Gasteiger partial charge in [0.1, 0.15) is 11.5 Å². The fourth-order valence-electron chi connectivity index (χ4n) is 4.76. The van der Waals surface area contributed by atoms with Gasteiger partial charge in [-0.3, -0.25) is 14.5 Å². The molecule has 0 saturated carbocycles. The Morgan fingerprint density at radius 2 is 1.68 bits per heavy atom. The van der Waals surface area contributed by atoms with Crippen molar-refractivity contribution in [3.05, 3.63) is 47.5 Å². The number of amides is 1. The van der Waals surface area contributed by atoms with Crippen molar-refractivity contribution in [1.29, 1.82) is 0 Å². The molecular weight excluding hydrogens is 478 g/mol. The summed E-state index contributed by atoms with van der Waals surface area (Å²) in [5.74, 6) is -0.153. The Balaban J connectivity index is 1.80. The summed E-state index contributed by atoms with van der Waals surface area (Å²) in [4.78, 5) is 38.0. The van der Waals surface area contributed by atoms with Gasteiger partial charge in [-0.1, -0.05) is 24.3 Å². The lowest BCUT2D eigenvalue weighted by Gasteiger charge is -2.22. The number of ether oxygens (including phenoxy) is 4. The van der Waals surface area contributed by atoms with Crippen LogP contribution in [0.1, 0.15) is 37.3 Å². The molecule has 0 spiro atoms. The molecule has 0 bridgehead atoms. The highest BCUT2D eigenvalue weighted by molar-refractivity contribution is 5.90. The summed E-state index contributed by atoms with van der Waals surface area (Å²) >= 11 is 0. The van der Waals surface area contributed by atoms with Crippen LogP contribution in [-0.2, 0) is 32.1 Å². The summed E-state index contributed by atoms with van der Waals surface area (Å²) in [7, 11) is 4.49. The highest BCUT2D eigenvalue weighted by atomic mass is 16.5. The lowest BCUT2D eigenvalue weighted by molar-refractivity contribution is -0.147. The van der Waals surface area contributed by atoms with Gasteiger partial charge in [0.05, 0.1) is 45.5 Å². The van der Waals surface area contributed by atoms with Crippen molar-refractivity contribution >= 4 is 17.8 Å². The van der Waals surface area contributed by atoms with Crippen LogP contribution < -0.4 is 9.47 Å². The fraction of sp³-hybridized carbons (Fsp3) is 0.464. The third-order valence-corrected chi connectivity index (χ3v) is 6.62. The number of hydrogen-bond donors (Lipinski definition) is 1.